The number of amides is 1. The summed E-state index contributed by atoms with van der Waals surface area (Å²) in [5.41, 5.74) is 1.77. The van der Waals surface area contributed by atoms with Crippen LogP contribution < -0.4 is 5.32 Å². The first kappa shape index (κ1) is 18.6. The van der Waals surface area contributed by atoms with Crippen molar-refractivity contribution >= 4 is 11.9 Å². The fraction of sp³-hybridized carbons (Fsp3) is 0.368. The van der Waals surface area contributed by atoms with Crippen LogP contribution in [-0.2, 0) is 20.7 Å². The van der Waals surface area contributed by atoms with Gasteiger partial charge >= 0.3 is 5.97 Å². The number of carbonyl (C=O) groups excluding carboxylic acids is 2. The minimum atomic E-state index is -0.912. The number of esters is 1. The van der Waals surface area contributed by atoms with Gasteiger partial charge in [0.1, 0.15) is 23.1 Å². The van der Waals surface area contributed by atoms with Crippen LogP contribution in [0.1, 0.15) is 30.9 Å². The van der Waals surface area contributed by atoms with Crippen LogP contribution >= 0.6 is 0 Å². The zero-order chi connectivity index (χ0) is 18.4. The van der Waals surface area contributed by atoms with Gasteiger partial charge < -0.3 is 20.3 Å². The predicted molar refractivity (Wildman–Crippen MR) is 93.0 cm³/mol. The summed E-state index contributed by atoms with van der Waals surface area (Å²) in [6, 6.07) is 6.68. The molecular weight excluding hydrogens is 322 g/mol. The Bertz CT molecular complexity index is 703. The molecule has 1 aromatic carbocycles. The largest absolute Gasteiger partial charge is 0.511 e. The highest BCUT2D eigenvalue weighted by atomic mass is 16.5. The average Bonchev–Trinajstić information content (AvgIpc) is 2.56. The first-order valence-corrected chi connectivity index (χ1v) is 8.27. The molecule has 25 heavy (non-hydrogen) atoms. The number of rotatable bonds is 6. The summed E-state index contributed by atoms with van der Waals surface area (Å²) in [6.07, 6.45) is 2.45. The van der Waals surface area contributed by atoms with Crippen molar-refractivity contribution in [3.05, 3.63) is 58.6 Å². The number of aliphatic hydroxyl groups is 2. The van der Waals surface area contributed by atoms with Crippen molar-refractivity contribution in [1.82, 2.24) is 5.32 Å². The number of allylic oxidation sites excluding steroid dienone is 2. The Morgan fingerprint density at radius 2 is 1.92 bits per heavy atom. The van der Waals surface area contributed by atoms with Crippen molar-refractivity contribution < 1.29 is 24.5 Å². The van der Waals surface area contributed by atoms with E-state index in [0.717, 1.165) is 11.1 Å². The van der Waals surface area contributed by atoms with Crippen molar-refractivity contribution in [2.45, 2.75) is 39.2 Å². The first-order valence-electron chi connectivity index (χ1n) is 8.27. The standard InChI is InChI=1S/C19H23NO5/c1-3-25-19(24)14(11-13-9-7-12(2)8-10-13)20-18(23)17-15(21)5-4-6-16(17)22/h5,7-10,14,21-22H,3-4,6,11H2,1-2H3,(H,20,23). The molecular formula is C19H23NO5. The van der Waals surface area contributed by atoms with E-state index in [1.165, 1.54) is 6.08 Å². The SMILES string of the molecule is CCOC(=O)C(Cc1ccc(C)cc1)NC(=O)C1=C(O)CCC=C1O. The van der Waals surface area contributed by atoms with Gasteiger partial charge in [-0.25, -0.2) is 4.79 Å². The van der Waals surface area contributed by atoms with Crippen molar-refractivity contribution in [3.8, 4) is 0 Å². The molecule has 0 heterocycles. The zero-order valence-corrected chi connectivity index (χ0v) is 14.4. The maximum atomic E-state index is 12.4. The molecule has 0 radical (unpaired) electrons. The minimum Gasteiger partial charge on any atom is -0.511 e. The quantitative estimate of drug-likeness (QED) is 0.689. The molecule has 0 aliphatic heterocycles. The third kappa shape index (κ3) is 4.86. The molecule has 6 heteroatoms. The fourth-order valence-electron chi connectivity index (χ4n) is 2.59. The Morgan fingerprint density at radius 1 is 1.24 bits per heavy atom. The number of ether oxygens (including phenoxy) is 1. The number of hydrogen-bond acceptors (Lipinski definition) is 5. The van der Waals surface area contributed by atoms with Crippen LogP contribution in [0.2, 0.25) is 0 Å². The number of hydrogen-bond donors (Lipinski definition) is 3. The highest BCUT2D eigenvalue weighted by Gasteiger charge is 2.28. The second-order valence-corrected chi connectivity index (χ2v) is 5.92. The van der Waals surface area contributed by atoms with Gasteiger partial charge in [-0.05, 0) is 31.9 Å². The van der Waals surface area contributed by atoms with Crippen molar-refractivity contribution in [2.75, 3.05) is 6.61 Å². The summed E-state index contributed by atoms with van der Waals surface area (Å²) in [6.45, 7) is 3.84. The number of aliphatic hydroxyl groups excluding tert-OH is 2. The Hall–Kier alpha value is -2.76. The monoisotopic (exact) mass is 345 g/mol. The Kier molecular flexibility index (Phi) is 6.22. The van der Waals surface area contributed by atoms with Gasteiger partial charge in [0.05, 0.1) is 6.61 Å². The van der Waals surface area contributed by atoms with Crippen LogP contribution in [0, 0.1) is 6.92 Å². The first-order chi connectivity index (χ1) is 11.9. The van der Waals surface area contributed by atoms with Gasteiger partial charge in [0.15, 0.2) is 0 Å². The maximum Gasteiger partial charge on any atom is 0.328 e. The lowest BCUT2D eigenvalue weighted by atomic mass is 10.0. The third-order valence-electron chi connectivity index (χ3n) is 3.93. The lowest BCUT2D eigenvalue weighted by Crippen LogP contribution is -2.44. The van der Waals surface area contributed by atoms with Crippen molar-refractivity contribution in [2.24, 2.45) is 0 Å². The molecule has 1 aliphatic carbocycles. The average molecular weight is 345 g/mol. The molecule has 0 spiro atoms. The predicted octanol–water partition coefficient (Wildman–Crippen LogP) is 2.63. The van der Waals surface area contributed by atoms with Crippen LogP contribution in [-0.4, -0.2) is 34.7 Å². The summed E-state index contributed by atoms with van der Waals surface area (Å²) >= 11 is 0. The normalized spacial score (nSPS) is 15.4. The molecule has 1 atom stereocenters. The van der Waals surface area contributed by atoms with Gasteiger partial charge in [-0.2, -0.15) is 0 Å². The van der Waals surface area contributed by atoms with Crippen LogP contribution in [0.3, 0.4) is 0 Å². The summed E-state index contributed by atoms with van der Waals surface area (Å²) in [5.74, 6) is -1.72. The molecule has 134 valence electrons. The molecule has 0 aromatic heterocycles. The number of aryl methyl sites for hydroxylation is 1. The molecule has 0 fully saturated rings. The molecule has 1 amide bonds. The molecule has 1 unspecified atom stereocenters. The van der Waals surface area contributed by atoms with E-state index in [9.17, 15) is 19.8 Å². The topological polar surface area (TPSA) is 95.9 Å². The van der Waals surface area contributed by atoms with Gasteiger partial charge in [-0.1, -0.05) is 29.8 Å². The Balaban J connectivity index is 2.18. The van der Waals surface area contributed by atoms with E-state index >= 15 is 0 Å². The molecule has 3 N–H and O–H groups in total. The summed E-state index contributed by atoms with van der Waals surface area (Å²) in [5, 5.41) is 22.3. The van der Waals surface area contributed by atoms with Crippen LogP contribution in [0.4, 0.5) is 0 Å². The van der Waals surface area contributed by atoms with Crippen molar-refractivity contribution in [3.63, 3.8) is 0 Å². The fourth-order valence-corrected chi connectivity index (χ4v) is 2.59. The summed E-state index contributed by atoms with van der Waals surface area (Å²) in [7, 11) is 0. The highest BCUT2D eigenvalue weighted by Crippen LogP contribution is 2.22. The van der Waals surface area contributed by atoms with Crippen LogP contribution in [0.15, 0.2) is 47.4 Å². The molecule has 0 saturated carbocycles. The second kappa shape index (κ2) is 8.37. The lowest BCUT2D eigenvalue weighted by molar-refractivity contribution is -0.147. The van der Waals surface area contributed by atoms with Crippen molar-refractivity contribution in [1.29, 1.82) is 0 Å². The van der Waals surface area contributed by atoms with Gasteiger partial charge in [0.25, 0.3) is 5.91 Å². The van der Waals surface area contributed by atoms with Gasteiger partial charge in [0, 0.05) is 12.8 Å². The minimum absolute atomic E-state index is 0.185. The lowest BCUT2D eigenvalue weighted by Gasteiger charge is -2.20. The Morgan fingerprint density at radius 3 is 2.52 bits per heavy atom. The molecule has 1 aromatic rings. The molecule has 2 rings (SSSR count). The zero-order valence-electron chi connectivity index (χ0n) is 14.4. The number of nitrogens with one attached hydrogen (secondary N) is 1. The summed E-state index contributed by atoms with van der Waals surface area (Å²) in [4.78, 5) is 24.6. The van der Waals surface area contributed by atoms with E-state index in [2.05, 4.69) is 5.32 Å². The van der Waals surface area contributed by atoms with Gasteiger partial charge in [0.2, 0.25) is 0 Å². The van der Waals surface area contributed by atoms with E-state index in [-0.39, 0.29) is 36.5 Å². The van der Waals surface area contributed by atoms with Gasteiger partial charge in [-0.3, -0.25) is 4.79 Å². The number of carbonyl (C=O) groups is 2. The number of benzene rings is 1. The van der Waals surface area contributed by atoms with E-state index < -0.39 is 17.9 Å². The van der Waals surface area contributed by atoms with Crippen LogP contribution in [0.25, 0.3) is 0 Å². The van der Waals surface area contributed by atoms with Crippen LogP contribution in [0.5, 0.6) is 0 Å². The third-order valence-corrected chi connectivity index (χ3v) is 3.93. The summed E-state index contributed by atoms with van der Waals surface area (Å²) < 4.78 is 5.03. The highest BCUT2D eigenvalue weighted by molar-refractivity contribution is 5.99. The Labute approximate surface area is 146 Å². The molecule has 0 bridgehead atoms. The van der Waals surface area contributed by atoms with E-state index in [0.29, 0.717) is 6.42 Å². The molecule has 0 saturated heterocycles. The smallest absolute Gasteiger partial charge is 0.328 e. The maximum absolute atomic E-state index is 12.4. The van der Waals surface area contributed by atoms with E-state index in [1.54, 1.807) is 6.92 Å². The van der Waals surface area contributed by atoms with E-state index in [1.807, 2.05) is 31.2 Å². The molecule has 1 aliphatic rings. The molecule has 6 nitrogen and oxygen atoms in total. The second-order valence-electron chi connectivity index (χ2n) is 5.92. The van der Waals surface area contributed by atoms with E-state index in [4.69, 9.17) is 4.74 Å². The van der Waals surface area contributed by atoms with Gasteiger partial charge in [-0.15, -0.1) is 0 Å².